The Kier molecular flexibility index (Phi) is 6.76. The number of rotatable bonds is 9. The summed E-state index contributed by atoms with van der Waals surface area (Å²) in [6, 6.07) is 9.25. The van der Waals surface area contributed by atoms with Gasteiger partial charge >= 0.3 is 0 Å². The molecule has 2 atom stereocenters. The Hall–Kier alpha value is -2.95. The van der Waals surface area contributed by atoms with Crippen molar-refractivity contribution in [1.82, 2.24) is 14.8 Å². The Balaban J connectivity index is 1.15. The molecule has 36 heavy (non-hydrogen) atoms. The number of likely N-dealkylation sites (tertiary alicyclic amines) is 1. The average molecular weight is 516 g/mol. The lowest BCUT2D eigenvalue weighted by molar-refractivity contribution is 0.200. The smallest absolute Gasteiger partial charge is 0.244 e. The topological polar surface area (TPSA) is 93.9 Å². The molecule has 1 saturated heterocycles. The van der Waals surface area contributed by atoms with E-state index < -0.39 is 10.0 Å². The number of hydrogen-bond acceptors (Lipinski definition) is 7. The molecule has 0 unspecified atom stereocenters. The van der Waals surface area contributed by atoms with Crippen LogP contribution in [0.15, 0.2) is 58.0 Å². The summed E-state index contributed by atoms with van der Waals surface area (Å²) in [7, 11) is -0.846. The first-order chi connectivity index (χ1) is 17.3. The third-order valence-corrected chi connectivity index (χ3v) is 8.82. The van der Waals surface area contributed by atoms with Gasteiger partial charge in [-0.1, -0.05) is 17.3 Å². The molecule has 0 spiro atoms. The minimum absolute atomic E-state index is 0.0531. The van der Waals surface area contributed by atoms with E-state index in [1.54, 1.807) is 18.2 Å². The molecule has 1 saturated carbocycles. The Morgan fingerprint density at radius 2 is 1.92 bits per heavy atom. The van der Waals surface area contributed by atoms with E-state index in [0.717, 1.165) is 49.1 Å². The largest absolute Gasteiger partial charge is 0.497 e. The number of benzene rings is 2. The number of fused-ring (bicyclic) bond motifs is 1. The molecule has 1 aliphatic heterocycles. The molecule has 2 fully saturated rings. The van der Waals surface area contributed by atoms with Gasteiger partial charge < -0.3 is 18.9 Å². The summed E-state index contributed by atoms with van der Waals surface area (Å²) in [6.45, 7) is 7.13. The van der Waals surface area contributed by atoms with Gasteiger partial charge in [-0.25, -0.2) is 17.5 Å². The van der Waals surface area contributed by atoms with Crippen molar-refractivity contribution < 1.29 is 26.8 Å². The van der Waals surface area contributed by atoms with Crippen LogP contribution in [-0.2, 0) is 10.0 Å². The molecule has 1 N–H and O–H groups in total. The summed E-state index contributed by atoms with van der Waals surface area (Å²) in [5.74, 6) is 1.01. The van der Waals surface area contributed by atoms with E-state index in [9.17, 15) is 12.8 Å². The minimum atomic E-state index is -3.77. The van der Waals surface area contributed by atoms with Crippen molar-refractivity contribution in [3.05, 3.63) is 60.1 Å². The summed E-state index contributed by atoms with van der Waals surface area (Å²) in [4.78, 5) is 2.45. The predicted octanol–water partition coefficient (Wildman–Crippen LogP) is 3.94. The first-order valence-electron chi connectivity index (χ1n) is 12.0. The molecule has 0 amide bonds. The van der Waals surface area contributed by atoms with Gasteiger partial charge in [-0.05, 0) is 50.2 Å². The maximum absolute atomic E-state index is 13.5. The highest BCUT2D eigenvalue weighted by molar-refractivity contribution is 7.89. The molecule has 8 nitrogen and oxygen atoms in total. The summed E-state index contributed by atoms with van der Waals surface area (Å²) in [5.41, 5.74) is 2.46. The normalized spacial score (nSPS) is 21.1. The number of sulfonamides is 1. The third kappa shape index (κ3) is 4.85. The van der Waals surface area contributed by atoms with Gasteiger partial charge in [-0.15, -0.1) is 0 Å². The first kappa shape index (κ1) is 24.7. The van der Waals surface area contributed by atoms with Crippen molar-refractivity contribution in [3.63, 3.8) is 0 Å². The van der Waals surface area contributed by atoms with Crippen molar-refractivity contribution in [1.29, 1.82) is 0 Å². The minimum Gasteiger partial charge on any atom is -0.497 e. The van der Waals surface area contributed by atoms with Crippen molar-refractivity contribution >= 4 is 21.0 Å². The van der Waals surface area contributed by atoms with Crippen molar-refractivity contribution in [3.8, 4) is 11.5 Å². The second-order valence-corrected chi connectivity index (χ2v) is 11.2. The van der Waals surface area contributed by atoms with Crippen LogP contribution in [0.4, 0.5) is 4.39 Å². The van der Waals surface area contributed by atoms with Gasteiger partial charge in [0.05, 0.1) is 19.9 Å². The zero-order valence-electron chi connectivity index (χ0n) is 20.4. The molecule has 5 rings (SSSR count). The fourth-order valence-electron chi connectivity index (χ4n) is 5.13. The molecule has 0 bridgehead atoms. The fraction of sp³-hybridized carbons (Fsp3) is 0.423. The predicted molar refractivity (Wildman–Crippen MR) is 133 cm³/mol. The van der Waals surface area contributed by atoms with Crippen LogP contribution >= 0.6 is 0 Å². The Morgan fingerprint density at radius 1 is 1.14 bits per heavy atom. The monoisotopic (exact) mass is 515 g/mol. The van der Waals surface area contributed by atoms with Crippen LogP contribution in [0.25, 0.3) is 11.0 Å². The van der Waals surface area contributed by atoms with E-state index in [4.69, 9.17) is 14.0 Å². The van der Waals surface area contributed by atoms with E-state index in [1.807, 2.05) is 0 Å². The molecule has 1 aromatic heterocycles. The van der Waals surface area contributed by atoms with Crippen LogP contribution in [0.3, 0.4) is 0 Å². The van der Waals surface area contributed by atoms with Crippen LogP contribution in [-0.4, -0.2) is 58.9 Å². The number of ether oxygens (including phenoxy) is 2. The van der Waals surface area contributed by atoms with Gasteiger partial charge in [0.2, 0.25) is 10.0 Å². The van der Waals surface area contributed by atoms with Gasteiger partial charge in [0, 0.05) is 48.4 Å². The number of hydrogen-bond donors (Lipinski definition) is 1. The maximum Gasteiger partial charge on any atom is 0.244 e. The lowest BCUT2D eigenvalue weighted by atomic mass is 9.91. The third-order valence-electron chi connectivity index (χ3n) is 7.37. The highest BCUT2D eigenvalue weighted by atomic mass is 32.2. The molecule has 1 aliphatic carbocycles. The molecule has 192 valence electrons. The molecular formula is C26H30FN3O5S. The van der Waals surface area contributed by atoms with Gasteiger partial charge in [0.25, 0.3) is 0 Å². The maximum atomic E-state index is 13.5. The van der Waals surface area contributed by atoms with E-state index in [-0.39, 0.29) is 34.2 Å². The van der Waals surface area contributed by atoms with Gasteiger partial charge in [-0.2, -0.15) is 0 Å². The molecular weight excluding hydrogens is 485 g/mol. The zero-order valence-corrected chi connectivity index (χ0v) is 21.2. The number of aromatic nitrogens is 1. The number of halogens is 1. The summed E-state index contributed by atoms with van der Waals surface area (Å²) in [5, 5.41) is 5.10. The van der Waals surface area contributed by atoms with Crippen LogP contribution in [0.1, 0.15) is 24.5 Å². The average Bonchev–Trinajstić information content (AvgIpc) is 3.29. The summed E-state index contributed by atoms with van der Waals surface area (Å²) in [6.07, 6.45) is 1.87. The number of piperidine rings is 1. The SMILES string of the molecule is C=C1[C@H](CNS(=O)(=O)c2cc(OC)ccc2OC)[C@H]1CN1CCC(c2noc3cc(F)ccc23)CC1. The van der Waals surface area contributed by atoms with E-state index in [0.29, 0.717) is 17.9 Å². The van der Waals surface area contributed by atoms with Crippen molar-refractivity contribution in [2.45, 2.75) is 23.7 Å². The molecule has 3 aromatic rings. The first-order valence-corrected chi connectivity index (χ1v) is 13.5. The Bertz CT molecular complexity index is 1380. The Labute approximate surface area is 210 Å². The lowest BCUT2D eigenvalue weighted by Crippen LogP contribution is -2.35. The van der Waals surface area contributed by atoms with Crippen molar-refractivity contribution in [2.24, 2.45) is 11.8 Å². The highest BCUT2D eigenvalue weighted by Crippen LogP contribution is 2.45. The summed E-state index contributed by atoms with van der Waals surface area (Å²) >= 11 is 0. The summed E-state index contributed by atoms with van der Waals surface area (Å²) < 4.78 is 57.8. The number of nitrogens with one attached hydrogen (secondary N) is 1. The van der Waals surface area contributed by atoms with Crippen LogP contribution in [0.5, 0.6) is 11.5 Å². The highest BCUT2D eigenvalue weighted by Gasteiger charge is 2.44. The Morgan fingerprint density at radius 3 is 2.64 bits per heavy atom. The standard InChI is InChI=1S/C26H30FN3O5S/c1-16-21(14-28-36(31,32)25-13-19(33-2)5-7-23(25)34-3)22(16)15-30-10-8-17(9-11-30)26-20-6-4-18(27)12-24(20)35-29-26/h4-7,12-13,17,21-22,28H,1,8-11,14-15H2,2-3H3/t21-,22-/m0/s1. The quantitative estimate of drug-likeness (QED) is 0.432. The molecule has 2 aliphatic rings. The zero-order chi connectivity index (χ0) is 25.4. The van der Waals surface area contributed by atoms with Crippen LogP contribution in [0.2, 0.25) is 0 Å². The molecule has 2 heterocycles. The molecule has 0 radical (unpaired) electrons. The van der Waals surface area contributed by atoms with E-state index in [1.165, 1.54) is 32.4 Å². The van der Waals surface area contributed by atoms with Crippen molar-refractivity contribution in [2.75, 3.05) is 40.4 Å². The van der Waals surface area contributed by atoms with Gasteiger partial charge in [-0.3, -0.25) is 0 Å². The second-order valence-electron chi connectivity index (χ2n) is 9.44. The molecule has 10 heteroatoms. The van der Waals surface area contributed by atoms with Gasteiger partial charge in [0.1, 0.15) is 22.2 Å². The molecule has 2 aromatic carbocycles. The number of nitrogens with zero attached hydrogens (tertiary/aromatic N) is 2. The second kappa shape index (κ2) is 9.84. The van der Waals surface area contributed by atoms with Crippen LogP contribution < -0.4 is 14.2 Å². The van der Waals surface area contributed by atoms with Gasteiger partial charge in [0.15, 0.2) is 5.58 Å². The van der Waals surface area contributed by atoms with E-state index in [2.05, 4.69) is 21.4 Å². The van der Waals surface area contributed by atoms with E-state index >= 15 is 0 Å². The number of methoxy groups -OCH3 is 2. The van der Waals surface area contributed by atoms with Crippen LogP contribution in [0, 0.1) is 17.7 Å². The fourth-order valence-corrected chi connectivity index (χ4v) is 6.37. The lowest BCUT2D eigenvalue weighted by Gasteiger charge is -2.31.